The van der Waals surface area contributed by atoms with Crippen LogP contribution in [-0.4, -0.2) is 15.5 Å². The summed E-state index contributed by atoms with van der Waals surface area (Å²) in [4.78, 5) is -0.275. The third kappa shape index (κ3) is 3.55. The van der Waals surface area contributed by atoms with E-state index in [1.165, 1.54) is 18.2 Å². The third-order valence-corrected chi connectivity index (χ3v) is 3.72. The van der Waals surface area contributed by atoms with Gasteiger partial charge in [-0.05, 0) is 12.1 Å². The second-order valence-electron chi connectivity index (χ2n) is 2.49. The molecule has 0 aliphatic heterocycles. The van der Waals surface area contributed by atoms with E-state index >= 15 is 0 Å². The quantitative estimate of drug-likeness (QED) is 0.468. The molecule has 0 aliphatic carbocycles. The van der Waals surface area contributed by atoms with Gasteiger partial charge in [-0.3, -0.25) is 4.57 Å². The lowest BCUT2D eigenvalue weighted by molar-refractivity contribution is -0.0962. The van der Waals surface area contributed by atoms with E-state index in [1.807, 2.05) is 0 Å². The van der Waals surface area contributed by atoms with Gasteiger partial charge in [0.2, 0.25) is 0 Å². The Bertz CT molecular complexity index is 487. The highest BCUT2D eigenvalue weighted by Crippen LogP contribution is 2.28. The molecule has 0 fully saturated rings. The Morgan fingerprint density at radius 2 is 1.94 bits per heavy atom. The molecule has 90 valence electrons. The predicted molar refractivity (Wildman–Crippen MR) is 56.8 cm³/mol. The first-order valence-electron chi connectivity index (χ1n) is 3.91. The monoisotopic (exact) mass is 286 g/mol. The van der Waals surface area contributed by atoms with Gasteiger partial charge in [0.1, 0.15) is 4.90 Å². The fourth-order valence-electron chi connectivity index (χ4n) is 0.791. The van der Waals surface area contributed by atoms with Crippen LogP contribution in [0.4, 0.5) is 0 Å². The highest BCUT2D eigenvalue weighted by atomic mass is 35.5. The lowest BCUT2D eigenvalue weighted by Gasteiger charge is -2.04. The topological polar surface area (TPSA) is 78.9 Å². The van der Waals surface area contributed by atoms with Gasteiger partial charge in [0.25, 0.3) is 0 Å². The minimum Gasteiger partial charge on any atom is -0.312 e. The molecule has 0 N–H and O–H groups in total. The molecule has 0 heterocycles. The van der Waals surface area contributed by atoms with Crippen molar-refractivity contribution in [3.8, 4) is 0 Å². The Morgan fingerprint density at radius 3 is 2.50 bits per heavy atom. The van der Waals surface area contributed by atoms with Gasteiger partial charge in [0, 0.05) is 7.11 Å². The van der Waals surface area contributed by atoms with Crippen LogP contribution in [0.2, 0.25) is 5.02 Å². The maximum atomic E-state index is 11.5. The largest absolute Gasteiger partial charge is 0.348 e. The summed E-state index contributed by atoms with van der Waals surface area (Å²) in [5.74, 6) is 0. The van der Waals surface area contributed by atoms with E-state index in [4.69, 9.17) is 11.6 Å². The van der Waals surface area contributed by atoms with E-state index in [0.717, 1.165) is 7.11 Å². The molecule has 0 saturated heterocycles. The molecule has 1 atom stereocenters. The summed E-state index contributed by atoms with van der Waals surface area (Å²) in [5.41, 5.74) is 0. The third-order valence-electron chi connectivity index (χ3n) is 1.46. The standard InChI is InChI=1S/C7H8ClO6PS/c1-12-15(9)13-14-16(10,11)7-5-3-2-4-6(7)8/h2-5,15H,1H3. The van der Waals surface area contributed by atoms with Crippen molar-refractivity contribution in [2.45, 2.75) is 4.90 Å². The summed E-state index contributed by atoms with van der Waals surface area (Å²) in [6.07, 6.45) is 0. The predicted octanol–water partition coefficient (Wildman–Crippen LogP) is 2.01. The highest BCUT2D eigenvalue weighted by Gasteiger charge is 2.20. The molecule has 0 aromatic heterocycles. The van der Waals surface area contributed by atoms with E-state index in [9.17, 15) is 13.0 Å². The van der Waals surface area contributed by atoms with Gasteiger partial charge in [-0.1, -0.05) is 28.1 Å². The Balaban J connectivity index is 2.87. The second kappa shape index (κ2) is 5.77. The van der Waals surface area contributed by atoms with Crippen molar-refractivity contribution in [3.63, 3.8) is 0 Å². The van der Waals surface area contributed by atoms with Crippen molar-refractivity contribution in [2.75, 3.05) is 7.11 Å². The maximum absolute atomic E-state index is 11.5. The minimum absolute atomic E-state index is 0.0248. The first-order chi connectivity index (χ1) is 7.47. The molecule has 0 aliphatic rings. The lowest BCUT2D eigenvalue weighted by atomic mass is 10.4. The summed E-state index contributed by atoms with van der Waals surface area (Å²) in [5, 5.41) is -0.0248. The van der Waals surface area contributed by atoms with Gasteiger partial charge < -0.3 is 4.52 Å². The SMILES string of the molecule is CO[PH](=O)OOS(=O)(=O)c1ccccc1Cl. The summed E-state index contributed by atoms with van der Waals surface area (Å²) >= 11 is 5.64. The summed E-state index contributed by atoms with van der Waals surface area (Å²) < 4.78 is 45.9. The van der Waals surface area contributed by atoms with E-state index in [2.05, 4.69) is 13.5 Å². The van der Waals surface area contributed by atoms with Crippen LogP contribution in [0.5, 0.6) is 0 Å². The molecule has 16 heavy (non-hydrogen) atoms. The van der Waals surface area contributed by atoms with Gasteiger partial charge in [-0.25, -0.2) is 0 Å². The van der Waals surface area contributed by atoms with Crippen molar-refractivity contribution < 1.29 is 26.5 Å². The van der Waals surface area contributed by atoms with Gasteiger partial charge in [-0.15, -0.1) is 4.67 Å². The molecular formula is C7H8ClO6PS. The normalized spacial score (nSPS) is 13.6. The second-order valence-corrected chi connectivity index (χ2v) is 5.46. The Morgan fingerprint density at radius 1 is 1.31 bits per heavy atom. The van der Waals surface area contributed by atoms with Gasteiger partial charge in [0.05, 0.1) is 5.02 Å². The van der Waals surface area contributed by atoms with Crippen LogP contribution >= 0.6 is 19.9 Å². The van der Waals surface area contributed by atoms with Crippen LogP contribution in [-0.2, 0) is 28.2 Å². The van der Waals surface area contributed by atoms with Gasteiger partial charge >= 0.3 is 18.4 Å². The van der Waals surface area contributed by atoms with Crippen molar-refractivity contribution >= 4 is 30.0 Å². The van der Waals surface area contributed by atoms with Crippen molar-refractivity contribution in [3.05, 3.63) is 29.3 Å². The smallest absolute Gasteiger partial charge is 0.312 e. The first kappa shape index (κ1) is 13.6. The Labute approximate surface area is 98.1 Å². The molecular weight excluding hydrogens is 279 g/mol. The van der Waals surface area contributed by atoms with E-state index in [-0.39, 0.29) is 9.92 Å². The summed E-state index contributed by atoms with van der Waals surface area (Å²) in [6, 6.07) is 5.61. The number of hydrogen-bond donors (Lipinski definition) is 0. The minimum atomic E-state index is -4.20. The molecule has 1 rings (SSSR count). The van der Waals surface area contributed by atoms with Crippen molar-refractivity contribution in [1.82, 2.24) is 0 Å². The number of rotatable bonds is 5. The zero-order valence-corrected chi connectivity index (χ0v) is 10.6. The molecule has 1 aromatic carbocycles. The molecule has 1 unspecified atom stereocenters. The number of benzene rings is 1. The average Bonchev–Trinajstić information content (AvgIpc) is 2.26. The van der Waals surface area contributed by atoms with Crippen LogP contribution in [0.15, 0.2) is 29.2 Å². The van der Waals surface area contributed by atoms with Gasteiger partial charge in [-0.2, -0.15) is 8.42 Å². The van der Waals surface area contributed by atoms with E-state index in [1.54, 1.807) is 6.07 Å². The molecule has 0 amide bonds. The Kier molecular flexibility index (Phi) is 4.91. The fraction of sp³-hybridized carbons (Fsp3) is 0.143. The van der Waals surface area contributed by atoms with Crippen molar-refractivity contribution in [1.29, 1.82) is 0 Å². The number of hydrogen-bond acceptors (Lipinski definition) is 6. The summed E-state index contributed by atoms with van der Waals surface area (Å²) in [6.45, 7) is 0. The van der Waals surface area contributed by atoms with Crippen LogP contribution < -0.4 is 0 Å². The van der Waals surface area contributed by atoms with Crippen LogP contribution in [0.25, 0.3) is 0 Å². The molecule has 9 heteroatoms. The zero-order chi connectivity index (χ0) is 12.2. The zero-order valence-electron chi connectivity index (χ0n) is 8.05. The Hall–Kier alpha value is -0.430. The molecule has 0 radical (unpaired) electrons. The van der Waals surface area contributed by atoms with Gasteiger partial charge in [0.15, 0.2) is 0 Å². The van der Waals surface area contributed by atoms with Crippen LogP contribution in [0.3, 0.4) is 0 Å². The summed E-state index contributed by atoms with van der Waals surface area (Å²) in [7, 11) is -6.09. The van der Waals surface area contributed by atoms with E-state index in [0.29, 0.717) is 0 Å². The van der Waals surface area contributed by atoms with Crippen molar-refractivity contribution in [2.24, 2.45) is 0 Å². The van der Waals surface area contributed by atoms with Crippen LogP contribution in [0.1, 0.15) is 0 Å². The molecule has 0 bridgehead atoms. The lowest BCUT2D eigenvalue weighted by Crippen LogP contribution is -2.05. The first-order valence-corrected chi connectivity index (χ1v) is 6.92. The fourth-order valence-corrected chi connectivity index (χ4v) is 2.48. The average molecular weight is 287 g/mol. The highest BCUT2D eigenvalue weighted by molar-refractivity contribution is 7.86. The van der Waals surface area contributed by atoms with Crippen LogP contribution in [0, 0.1) is 0 Å². The molecule has 0 saturated carbocycles. The number of halogens is 1. The molecule has 1 aromatic rings. The maximum Gasteiger partial charge on any atom is 0.348 e. The molecule has 0 spiro atoms. The van der Waals surface area contributed by atoms with E-state index < -0.39 is 18.4 Å². The molecule has 6 nitrogen and oxygen atoms in total.